The largest absolute Gasteiger partial charge is 0.398 e. The Hall–Kier alpha value is -2.55. The molecule has 0 spiro atoms. The maximum atomic E-state index is 6.09. The van der Waals surface area contributed by atoms with Gasteiger partial charge in [0.25, 0.3) is 0 Å². The summed E-state index contributed by atoms with van der Waals surface area (Å²) in [6.07, 6.45) is 1.84. The van der Waals surface area contributed by atoms with Crippen LogP contribution in [0.3, 0.4) is 0 Å². The van der Waals surface area contributed by atoms with E-state index in [9.17, 15) is 0 Å². The summed E-state index contributed by atoms with van der Waals surface area (Å²) in [4.78, 5) is 6.79. The minimum absolute atomic E-state index is 0.871. The molecule has 2 N–H and O–H groups in total. The van der Waals surface area contributed by atoms with Crippen LogP contribution in [0.25, 0.3) is 10.9 Å². The van der Waals surface area contributed by atoms with Gasteiger partial charge in [0.15, 0.2) is 0 Å². The molecule has 0 saturated heterocycles. The van der Waals surface area contributed by atoms with Gasteiger partial charge in [-0.25, -0.2) is 0 Å². The minimum Gasteiger partial charge on any atom is -0.398 e. The van der Waals surface area contributed by atoms with E-state index in [1.807, 2.05) is 24.4 Å². The number of nitrogens with zero attached hydrogens (tertiary/aromatic N) is 2. The standard InChI is InChI=1S/C17H15N3/c18-15-6-1-4-12-10-20(11-14(12)15)17-8-2-7-16-13(17)5-3-9-19-16/h1-9H,10-11,18H2. The monoisotopic (exact) mass is 261 g/mol. The van der Waals surface area contributed by atoms with Crippen molar-refractivity contribution in [2.45, 2.75) is 13.1 Å². The van der Waals surface area contributed by atoms with Gasteiger partial charge in [0.1, 0.15) is 0 Å². The van der Waals surface area contributed by atoms with E-state index >= 15 is 0 Å². The van der Waals surface area contributed by atoms with Crippen LogP contribution in [0.5, 0.6) is 0 Å². The van der Waals surface area contributed by atoms with E-state index < -0.39 is 0 Å². The van der Waals surface area contributed by atoms with Crippen molar-refractivity contribution in [2.24, 2.45) is 0 Å². The van der Waals surface area contributed by atoms with Gasteiger partial charge in [0.05, 0.1) is 5.52 Å². The third-order valence-corrected chi connectivity index (χ3v) is 3.98. The Balaban J connectivity index is 1.81. The average molecular weight is 261 g/mol. The van der Waals surface area contributed by atoms with Crippen LogP contribution >= 0.6 is 0 Å². The second kappa shape index (κ2) is 4.23. The van der Waals surface area contributed by atoms with Crippen LogP contribution < -0.4 is 10.6 Å². The van der Waals surface area contributed by atoms with Crippen molar-refractivity contribution in [3.63, 3.8) is 0 Å². The lowest BCUT2D eigenvalue weighted by Crippen LogP contribution is -2.15. The van der Waals surface area contributed by atoms with Gasteiger partial charge in [0, 0.05) is 36.0 Å². The lowest BCUT2D eigenvalue weighted by atomic mass is 10.1. The third-order valence-electron chi connectivity index (χ3n) is 3.98. The van der Waals surface area contributed by atoms with Gasteiger partial charge < -0.3 is 10.6 Å². The lowest BCUT2D eigenvalue weighted by Gasteiger charge is -2.19. The molecule has 3 aromatic rings. The zero-order valence-electron chi connectivity index (χ0n) is 11.1. The molecule has 0 fully saturated rings. The molecule has 3 nitrogen and oxygen atoms in total. The Kier molecular flexibility index (Phi) is 2.39. The number of rotatable bonds is 1. The topological polar surface area (TPSA) is 42.1 Å². The van der Waals surface area contributed by atoms with Crippen LogP contribution in [0.1, 0.15) is 11.1 Å². The normalized spacial score (nSPS) is 13.7. The predicted octanol–water partition coefficient (Wildman–Crippen LogP) is 3.34. The van der Waals surface area contributed by atoms with E-state index in [2.05, 4.69) is 40.2 Å². The van der Waals surface area contributed by atoms with E-state index in [-0.39, 0.29) is 0 Å². The molecule has 0 aliphatic carbocycles. The molecule has 20 heavy (non-hydrogen) atoms. The Morgan fingerprint density at radius 1 is 0.950 bits per heavy atom. The minimum atomic E-state index is 0.871. The maximum absolute atomic E-state index is 6.09. The van der Waals surface area contributed by atoms with Gasteiger partial charge >= 0.3 is 0 Å². The van der Waals surface area contributed by atoms with Crippen LogP contribution in [0.2, 0.25) is 0 Å². The Morgan fingerprint density at radius 3 is 2.75 bits per heavy atom. The van der Waals surface area contributed by atoms with E-state index in [1.54, 1.807) is 0 Å². The number of benzene rings is 2. The maximum Gasteiger partial charge on any atom is 0.0722 e. The average Bonchev–Trinajstić information content (AvgIpc) is 2.92. The molecule has 1 aromatic heterocycles. The van der Waals surface area contributed by atoms with Crippen molar-refractivity contribution < 1.29 is 0 Å². The molecule has 2 aromatic carbocycles. The van der Waals surface area contributed by atoms with E-state index in [0.29, 0.717) is 0 Å². The smallest absolute Gasteiger partial charge is 0.0722 e. The van der Waals surface area contributed by atoms with Crippen LogP contribution in [0.4, 0.5) is 11.4 Å². The summed E-state index contributed by atoms with van der Waals surface area (Å²) in [5.41, 5.74) is 11.8. The van der Waals surface area contributed by atoms with Gasteiger partial charge in [-0.3, -0.25) is 4.98 Å². The first kappa shape index (κ1) is 11.3. The molecule has 0 amide bonds. The molecule has 98 valence electrons. The molecule has 3 heteroatoms. The highest BCUT2D eigenvalue weighted by Crippen LogP contribution is 2.34. The van der Waals surface area contributed by atoms with Crippen molar-refractivity contribution in [1.82, 2.24) is 4.98 Å². The first-order valence-corrected chi connectivity index (χ1v) is 6.78. The lowest BCUT2D eigenvalue weighted by molar-refractivity contribution is 0.886. The van der Waals surface area contributed by atoms with Crippen LogP contribution in [-0.2, 0) is 13.1 Å². The zero-order valence-corrected chi connectivity index (χ0v) is 11.1. The van der Waals surface area contributed by atoms with Crippen molar-refractivity contribution in [2.75, 3.05) is 10.6 Å². The van der Waals surface area contributed by atoms with Gasteiger partial charge in [-0.2, -0.15) is 0 Å². The van der Waals surface area contributed by atoms with Gasteiger partial charge in [-0.1, -0.05) is 18.2 Å². The first-order valence-electron chi connectivity index (χ1n) is 6.78. The second-order valence-corrected chi connectivity index (χ2v) is 5.19. The number of pyridine rings is 1. The Labute approximate surface area is 117 Å². The molecule has 4 rings (SSSR count). The van der Waals surface area contributed by atoms with E-state index in [0.717, 1.165) is 24.3 Å². The quantitative estimate of drug-likeness (QED) is 0.683. The molecule has 2 heterocycles. The fourth-order valence-electron chi connectivity index (χ4n) is 2.98. The number of nitrogens with two attached hydrogens (primary N) is 1. The van der Waals surface area contributed by atoms with Crippen molar-refractivity contribution in [1.29, 1.82) is 0 Å². The second-order valence-electron chi connectivity index (χ2n) is 5.19. The number of nitrogen functional groups attached to an aromatic ring is 1. The Bertz CT molecular complexity index is 790. The SMILES string of the molecule is Nc1cccc2c1CN(c1cccc3ncccc13)C2. The fraction of sp³-hybridized carbons (Fsp3) is 0.118. The molecule has 1 aliphatic heterocycles. The van der Waals surface area contributed by atoms with Crippen molar-refractivity contribution in [3.8, 4) is 0 Å². The summed E-state index contributed by atoms with van der Waals surface area (Å²) >= 11 is 0. The number of fused-ring (bicyclic) bond motifs is 2. The molecule has 0 unspecified atom stereocenters. The molecule has 0 bridgehead atoms. The summed E-state index contributed by atoms with van der Waals surface area (Å²) in [6.45, 7) is 1.78. The van der Waals surface area contributed by atoms with Gasteiger partial charge in [-0.05, 0) is 41.5 Å². The third kappa shape index (κ3) is 1.63. The van der Waals surface area contributed by atoms with Crippen LogP contribution in [-0.4, -0.2) is 4.98 Å². The number of hydrogen-bond donors (Lipinski definition) is 1. The highest BCUT2D eigenvalue weighted by molar-refractivity contribution is 5.92. The molecule has 1 aliphatic rings. The van der Waals surface area contributed by atoms with E-state index in [4.69, 9.17) is 5.73 Å². The Morgan fingerprint density at radius 2 is 1.85 bits per heavy atom. The molecule has 0 atom stereocenters. The molecular weight excluding hydrogens is 246 g/mol. The van der Waals surface area contributed by atoms with Crippen LogP contribution in [0, 0.1) is 0 Å². The van der Waals surface area contributed by atoms with Gasteiger partial charge in [-0.15, -0.1) is 0 Å². The zero-order chi connectivity index (χ0) is 13.5. The van der Waals surface area contributed by atoms with Gasteiger partial charge in [0.2, 0.25) is 0 Å². The summed E-state index contributed by atoms with van der Waals surface area (Å²) < 4.78 is 0. The fourth-order valence-corrected chi connectivity index (χ4v) is 2.98. The summed E-state index contributed by atoms with van der Waals surface area (Å²) in [7, 11) is 0. The number of anilines is 2. The number of hydrogen-bond acceptors (Lipinski definition) is 3. The molecule has 0 radical (unpaired) electrons. The number of aromatic nitrogens is 1. The first-order chi connectivity index (χ1) is 9.83. The van der Waals surface area contributed by atoms with Crippen LogP contribution in [0.15, 0.2) is 54.7 Å². The summed E-state index contributed by atoms with van der Waals surface area (Å²) in [6, 6.07) is 16.6. The highest BCUT2D eigenvalue weighted by Gasteiger charge is 2.22. The molecule has 0 saturated carbocycles. The van der Waals surface area contributed by atoms with Crippen molar-refractivity contribution >= 4 is 22.3 Å². The summed E-state index contributed by atoms with van der Waals surface area (Å²) in [5.74, 6) is 0. The predicted molar refractivity (Wildman–Crippen MR) is 82.5 cm³/mol. The van der Waals surface area contributed by atoms with E-state index in [1.165, 1.54) is 22.2 Å². The summed E-state index contributed by atoms with van der Waals surface area (Å²) in [5, 5.41) is 1.20. The highest BCUT2D eigenvalue weighted by atomic mass is 15.1. The molecular formula is C17H15N3. The van der Waals surface area contributed by atoms with Crippen molar-refractivity contribution in [3.05, 3.63) is 65.9 Å².